The second-order valence-corrected chi connectivity index (χ2v) is 7.29. The second-order valence-electron chi connectivity index (χ2n) is 7.29. The van der Waals surface area contributed by atoms with Crippen molar-refractivity contribution >= 4 is 23.4 Å². The van der Waals surface area contributed by atoms with Crippen LogP contribution in [0.25, 0.3) is 0 Å². The number of methoxy groups -OCH3 is 1. The fourth-order valence-corrected chi connectivity index (χ4v) is 4.03. The lowest BCUT2D eigenvalue weighted by molar-refractivity contribution is -0.134. The van der Waals surface area contributed by atoms with Gasteiger partial charge in [-0.2, -0.15) is 0 Å². The van der Waals surface area contributed by atoms with E-state index in [0.717, 1.165) is 0 Å². The van der Waals surface area contributed by atoms with Gasteiger partial charge in [0.15, 0.2) is 11.5 Å². The first-order valence-electron chi connectivity index (χ1n) is 9.47. The zero-order valence-corrected chi connectivity index (χ0v) is 16.3. The van der Waals surface area contributed by atoms with Crippen LogP contribution in [0.5, 0.6) is 11.5 Å². The molecule has 4 rings (SSSR count). The summed E-state index contributed by atoms with van der Waals surface area (Å²) in [5, 5.41) is 19.1. The van der Waals surface area contributed by atoms with Crippen molar-refractivity contribution in [1.29, 1.82) is 0 Å². The standard InChI is InChI=1S/C21H21N3O6/c1-30-18-9-16-14(8-17(18)25)11-23-15(5-6-19(23)26)21(28)24(16)10-12-3-2-4-13(7-12)20(27)22-29/h2-4,7-9,15,25,29H,5-6,10-11H2,1H3,(H,22,27)/t15-/m0/s1. The number of phenolic OH excluding ortho intramolecular Hbond substituents is 1. The minimum Gasteiger partial charge on any atom is -0.504 e. The van der Waals surface area contributed by atoms with E-state index in [2.05, 4.69) is 0 Å². The molecule has 0 saturated carbocycles. The fourth-order valence-electron chi connectivity index (χ4n) is 4.03. The summed E-state index contributed by atoms with van der Waals surface area (Å²) in [5.74, 6) is -0.843. The third kappa shape index (κ3) is 3.33. The largest absolute Gasteiger partial charge is 0.504 e. The summed E-state index contributed by atoms with van der Waals surface area (Å²) in [6.07, 6.45) is 0.728. The van der Waals surface area contributed by atoms with E-state index in [9.17, 15) is 19.5 Å². The molecule has 2 heterocycles. The van der Waals surface area contributed by atoms with Gasteiger partial charge in [0, 0.05) is 24.6 Å². The molecule has 3 amide bonds. The van der Waals surface area contributed by atoms with Crippen molar-refractivity contribution in [2.24, 2.45) is 0 Å². The van der Waals surface area contributed by atoms with Gasteiger partial charge in [0.1, 0.15) is 6.04 Å². The van der Waals surface area contributed by atoms with Gasteiger partial charge in [-0.25, -0.2) is 5.48 Å². The topological polar surface area (TPSA) is 119 Å². The van der Waals surface area contributed by atoms with Gasteiger partial charge in [-0.3, -0.25) is 19.6 Å². The van der Waals surface area contributed by atoms with Crippen molar-refractivity contribution in [2.45, 2.75) is 32.0 Å². The molecule has 0 radical (unpaired) electrons. The Labute approximate surface area is 172 Å². The molecule has 9 heteroatoms. The number of amides is 3. The molecule has 0 spiro atoms. The molecule has 1 fully saturated rings. The minimum absolute atomic E-state index is 0.0737. The molecule has 1 atom stereocenters. The highest BCUT2D eigenvalue weighted by Crippen LogP contribution is 2.40. The van der Waals surface area contributed by atoms with Crippen molar-refractivity contribution in [3.05, 3.63) is 53.1 Å². The van der Waals surface area contributed by atoms with Crippen molar-refractivity contribution in [1.82, 2.24) is 10.4 Å². The van der Waals surface area contributed by atoms with Crippen LogP contribution in [0, 0.1) is 0 Å². The van der Waals surface area contributed by atoms with Crippen molar-refractivity contribution in [3.63, 3.8) is 0 Å². The highest BCUT2D eigenvalue weighted by molar-refractivity contribution is 6.02. The van der Waals surface area contributed by atoms with Crippen LogP contribution in [-0.4, -0.2) is 46.1 Å². The first-order valence-corrected chi connectivity index (χ1v) is 9.47. The fraction of sp³-hybridized carbons (Fsp3) is 0.286. The maximum atomic E-state index is 13.4. The molecule has 0 bridgehead atoms. The maximum absolute atomic E-state index is 13.4. The Balaban J connectivity index is 1.79. The molecule has 2 aliphatic heterocycles. The minimum atomic E-state index is -0.654. The molecule has 156 valence electrons. The van der Waals surface area contributed by atoms with Crippen LogP contribution >= 0.6 is 0 Å². The van der Waals surface area contributed by atoms with E-state index in [-0.39, 0.29) is 42.0 Å². The zero-order chi connectivity index (χ0) is 21.4. The Bertz CT molecular complexity index is 1040. The zero-order valence-electron chi connectivity index (χ0n) is 16.3. The van der Waals surface area contributed by atoms with Gasteiger partial charge in [-0.15, -0.1) is 0 Å². The number of carbonyl (C=O) groups excluding carboxylic acids is 3. The average molecular weight is 411 g/mol. The number of fused-ring (bicyclic) bond motifs is 2. The van der Waals surface area contributed by atoms with Gasteiger partial charge in [-0.05, 0) is 35.7 Å². The SMILES string of the molecule is COc1cc2c(cc1O)CN1C(=O)CC[C@H]1C(=O)N2Cc1cccc(C(=O)NO)c1. The summed E-state index contributed by atoms with van der Waals surface area (Å²) in [6.45, 7) is 0.358. The van der Waals surface area contributed by atoms with Crippen molar-refractivity contribution < 1.29 is 29.4 Å². The lowest BCUT2D eigenvalue weighted by atomic mass is 10.1. The van der Waals surface area contributed by atoms with Crippen LogP contribution in [0.3, 0.4) is 0 Å². The Morgan fingerprint density at radius 1 is 1.27 bits per heavy atom. The molecule has 9 nitrogen and oxygen atoms in total. The number of anilines is 1. The monoisotopic (exact) mass is 411 g/mol. The Morgan fingerprint density at radius 3 is 2.80 bits per heavy atom. The summed E-state index contributed by atoms with van der Waals surface area (Å²) in [5.41, 5.74) is 3.67. The average Bonchev–Trinajstić information content (AvgIpc) is 3.06. The summed E-state index contributed by atoms with van der Waals surface area (Å²) in [4.78, 5) is 40.6. The number of hydrogen-bond acceptors (Lipinski definition) is 6. The first-order chi connectivity index (χ1) is 14.4. The third-order valence-corrected chi connectivity index (χ3v) is 5.52. The second kappa shape index (κ2) is 7.68. The Hall–Kier alpha value is -3.59. The number of nitrogens with one attached hydrogen (secondary N) is 1. The van der Waals surface area contributed by atoms with E-state index in [1.165, 1.54) is 13.2 Å². The molecule has 1 saturated heterocycles. The highest BCUT2D eigenvalue weighted by atomic mass is 16.5. The first kappa shape index (κ1) is 19.7. The molecular weight excluding hydrogens is 390 g/mol. The van der Waals surface area contributed by atoms with Crippen LogP contribution in [0.15, 0.2) is 36.4 Å². The van der Waals surface area contributed by atoms with Crippen molar-refractivity contribution in [2.75, 3.05) is 12.0 Å². The highest BCUT2D eigenvalue weighted by Gasteiger charge is 2.42. The summed E-state index contributed by atoms with van der Waals surface area (Å²) < 4.78 is 5.22. The van der Waals surface area contributed by atoms with Crippen LogP contribution in [0.2, 0.25) is 0 Å². The van der Waals surface area contributed by atoms with Gasteiger partial charge >= 0.3 is 0 Å². The van der Waals surface area contributed by atoms with Gasteiger partial charge in [0.25, 0.3) is 5.91 Å². The van der Waals surface area contributed by atoms with Crippen LogP contribution in [0.4, 0.5) is 5.69 Å². The number of aromatic hydroxyl groups is 1. The van der Waals surface area contributed by atoms with Gasteiger partial charge in [-0.1, -0.05) is 12.1 Å². The van der Waals surface area contributed by atoms with Crippen LogP contribution in [0.1, 0.15) is 34.3 Å². The van der Waals surface area contributed by atoms with E-state index in [0.29, 0.717) is 29.7 Å². The predicted molar refractivity (Wildman–Crippen MR) is 105 cm³/mol. The number of benzene rings is 2. The molecule has 2 aromatic carbocycles. The molecular formula is C21H21N3O6. The summed E-state index contributed by atoms with van der Waals surface area (Å²) in [6, 6.07) is 9.07. The van der Waals surface area contributed by atoms with Crippen LogP contribution < -0.4 is 15.1 Å². The molecule has 0 aliphatic carbocycles. The van der Waals surface area contributed by atoms with E-state index in [4.69, 9.17) is 9.94 Å². The van der Waals surface area contributed by atoms with E-state index >= 15 is 0 Å². The normalized spacial score (nSPS) is 18.0. The Morgan fingerprint density at radius 2 is 2.07 bits per heavy atom. The lowest BCUT2D eigenvalue weighted by Crippen LogP contribution is -2.44. The maximum Gasteiger partial charge on any atom is 0.274 e. The van der Waals surface area contributed by atoms with Gasteiger partial charge < -0.3 is 19.6 Å². The quantitative estimate of drug-likeness (QED) is 0.519. The lowest BCUT2D eigenvalue weighted by Gasteiger charge is -2.26. The summed E-state index contributed by atoms with van der Waals surface area (Å²) in [7, 11) is 1.42. The number of hydroxylamine groups is 1. The smallest absolute Gasteiger partial charge is 0.274 e. The molecule has 0 unspecified atom stereocenters. The van der Waals surface area contributed by atoms with Gasteiger partial charge in [0.2, 0.25) is 11.8 Å². The van der Waals surface area contributed by atoms with E-state index < -0.39 is 11.9 Å². The predicted octanol–water partition coefficient (Wildman–Crippen LogP) is 1.56. The molecule has 2 aliphatic rings. The summed E-state index contributed by atoms with van der Waals surface area (Å²) >= 11 is 0. The molecule has 3 N–H and O–H groups in total. The third-order valence-electron chi connectivity index (χ3n) is 5.52. The number of nitrogens with zero attached hydrogens (tertiary/aromatic N) is 2. The van der Waals surface area contributed by atoms with Crippen molar-refractivity contribution in [3.8, 4) is 11.5 Å². The Kier molecular flexibility index (Phi) is 5.04. The number of carbonyl (C=O) groups is 3. The molecule has 30 heavy (non-hydrogen) atoms. The number of rotatable bonds is 4. The number of ether oxygens (including phenoxy) is 1. The van der Waals surface area contributed by atoms with E-state index in [1.807, 2.05) is 0 Å². The number of hydrogen-bond donors (Lipinski definition) is 3. The molecule has 0 aromatic heterocycles. The number of phenols is 1. The van der Waals surface area contributed by atoms with Gasteiger partial charge in [0.05, 0.1) is 19.3 Å². The van der Waals surface area contributed by atoms with Crippen LogP contribution in [-0.2, 0) is 22.7 Å². The molecule has 2 aromatic rings. The van der Waals surface area contributed by atoms with E-state index in [1.54, 1.807) is 45.6 Å².